The van der Waals surface area contributed by atoms with E-state index in [9.17, 15) is 4.79 Å². The van der Waals surface area contributed by atoms with Crippen LogP contribution in [0.4, 0.5) is 0 Å². The number of methoxy groups -OCH3 is 1. The number of benzene rings is 2. The molecule has 1 aliphatic rings. The molecule has 0 saturated carbocycles. The summed E-state index contributed by atoms with van der Waals surface area (Å²) in [5.41, 5.74) is 1.63. The van der Waals surface area contributed by atoms with E-state index in [1.54, 1.807) is 25.3 Å². The zero-order chi connectivity index (χ0) is 19.2. The second kappa shape index (κ2) is 9.11. The van der Waals surface area contributed by atoms with Crippen LogP contribution in [0.15, 0.2) is 42.5 Å². The molecule has 5 nitrogen and oxygen atoms in total. The molecule has 0 spiro atoms. The smallest absolute Gasteiger partial charge is 0.254 e. The first-order valence-electron chi connectivity index (χ1n) is 9.10. The lowest BCUT2D eigenvalue weighted by Gasteiger charge is -2.18. The summed E-state index contributed by atoms with van der Waals surface area (Å²) >= 11 is 5.90. The molecule has 0 radical (unpaired) electrons. The molecule has 0 unspecified atom stereocenters. The number of hydrogen-bond acceptors (Lipinski definition) is 4. The third-order valence-electron chi connectivity index (χ3n) is 4.78. The maximum Gasteiger partial charge on any atom is 0.254 e. The Morgan fingerprint density at radius 2 is 2.00 bits per heavy atom. The van der Waals surface area contributed by atoms with Crippen molar-refractivity contribution in [2.24, 2.45) is 5.92 Å². The van der Waals surface area contributed by atoms with Gasteiger partial charge in [-0.1, -0.05) is 23.7 Å². The average Bonchev–Trinajstić information content (AvgIpc) is 3.16. The summed E-state index contributed by atoms with van der Waals surface area (Å²) in [7, 11) is 3.52. The topological polar surface area (TPSA) is 50.8 Å². The highest BCUT2D eigenvalue weighted by Gasteiger charge is 2.27. The second-order valence-electron chi connectivity index (χ2n) is 6.74. The van der Waals surface area contributed by atoms with Gasteiger partial charge in [0.2, 0.25) is 0 Å². The van der Waals surface area contributed by atoms with Crippen molar-refractivity contribution >= 4 is 17.5 Å². The number of nitrogens with zero attached hydrogens (tertiary/aromatic N) is 1. The van der Waals surface area contributed by atoms with Crippen molar-refractivity contribution in [1.82, 2.24) is 10.2 Å². The molecule has 27 heavy (non-hydrogen) atoms. The quantitative estimate of drug-likeness (QED) is 0.787. The standard InChI is InChI=1S/C21H25ClN2O3/c1-23-12-16-9-10-24(13-16)21(25)17-5-8-19(20(11-17)26-2)27-14-15-3-6-18(22)7-4-15/h3-8,11,16,23H,9-10,12-14H2,1-2H3/t16-/m1/s1. The summed E-state index contributed by atoms with van der Waals surface area (Å²) in [6, 6.07) is 12.8. The number of likely N-dealkylation sites (tertiary alicyclic amines) is 1. The first-order valence-corrected chi connectivity index (χ1v) is 9.47. The van der Waals surface area contributed by atoms with Gasteiger partial charge in [-0.15, -0.1) is 0 Å². The molecule has 0 aromatic heterocycles. The summed E-state index contributed by atoms with van der Waals surface area (Å²) in [5.74, 6) is 1.72. The van der Waals surface area contributed by atoms with Crippen LogP contribution in [0, 0.1) is 5.92 Å². The monoisotopic (exact) mass is 388 g/mol. The maximum absolute atomic E-state index is 12.8. The summed E-state index contributed by atoms with van der Waals surface area (Å²) in [6.45, 7) is 2.92. The molecular weight excluding hydrogens is 364 g/mol. The van der Waals surface area contributed by atoms with E-state index < -0.39 is 0 Å². The molecule has 1 heterocycles. The SMILES string of the molecule is CNC[C@H]1CCN(C(=O)c2ccc(OCc3ccc(Cl)cc3)c(OC)c2)C1. The Morgan fingerprint density at radius 3 is 2.70 bits per heavy atom. The van der Waals surface area contributed by atoms with Gasteiger partial charge in [0, 0.05) is 23.7 Å². The third-order valence-corrected chi connectivity index (χ3v) is 5.04. The number of carbonyl (C=O) groups excluding carboxylic acids is 1. The normalized spacial score (nSPS) is 16.4. The van der Waals surface area contributed by atoms with E-state index in [2.05, 4.69) is 5.32 Å². The van der Waals surface area contributed by atoms with Crippen LogP contribution in [0.1, 0.15) is 22.3 Å². The summed E-state index contributed by atoms with van der Waals surface area (Å²) < 4.78 is 11.3. The number of nitrogens with one attached hydrogen (secondary N) is 1. The predicted octanol–water partition coefficient (Wildman–Crippen LogP) is 3.61. The largest absolute Gasteiger partial charge is 0.493 e. The van der Waals surface area contributed by atoms with Crippen molar-refractivity contribution in [1.29, 1.82) is 0 Å². The summed E-state index contributed by atoms with van der Waals surface area (Å²) in [5, 5.41) is 3.88. The van der Waals surface area contributed by atoms with Gasteiger partial charge >= 0.3 is 0 Å². The molecule has 6 heteroatoms. The summed E-state index contributed by atoms with van der Waals surface area (Å²) in [6.07, 6.45) is 1.03. The van der Waals surface area contributed by atoms with E-state index in [1.807, 2.05) is 36.2 Å². The van der Waals surface area contributed by atoms with Gasteiger partial charge in [-0.3, -0.25) is 4.79 Å². The number of ether oxygens (including phenoxy) is 2. The van der Waals surface area contributed by atoms with Crippen LogP contribution < -0.4 is 14.8 Å². The van der Waals surface area contributed by atoms with Gasteiger partial charge in [-0.2, -0.15) is 0 Å². The number of amides is 1. The molecule has 144 valence electrons. The van der Waals surface area contributed by atoms with Gasteiger partial charge in [-0.05, 0) is 61.8 Å². The molecule has 1 atom stereocenters. The first-order chi connectivity index (χ1) is 13.1. The molecule has 1 fully saturated rings. The Balaban J connectivity index is 1.66. The Morgan fingerprint density at radius 1 is 1.22 bits per heavy atom. The highest BCUT2D eigenvalue weighted by molar-refractivity contribution is 6.30. The Kier molecular flexibility index (Phi) is 6.58. The minimum absolute atomic E-state index is 0.0381. The molecule has 2 aromatic rings. The molecular formula is C21H25ClN2O3. The molecule has 0 aliphatic carbocycles. The lowest BCUT2D eigenvalue weighted by atomic mass is 10.1. The Hall–Kier alpha value is -2.24. The number of halogens is 1. The van der Waals surface area contributed by atoms with E-state index in [-0.39, 0.29) is 5.91 Å². The molecule has 1 aliphatic heterocycles. The van der Waals surface area contributed by atoms with Gasteiger partial charge in [0.25, 0.3) is 5.91 Å². The highest BCUT2D eigenvalue weighted by atomic mass is 35.5. The number of rotatable bonds is 7. The van der Waals surface area contributed by atoms with Crippen LogP contribution in [0.25, 0.3) is 0 Å². The number of carbonyl (C=O) groups is 1. The zero-order valence-corrected chi connectivity index (χ0v) is 16.5. The fraction of sp³-hybridized carbons (Fsp3) is 0.381. The van der Waals surface area contributed by atoms with Crippen LogP contribution in [-0.4, -0.2) is 44.6 Å². The fourth-order valence-electron chi connectivity index (χ4n) is 3.32. The second-order valence-corrected chi connectivity index (χ2v) is 7.18. The number of hydrogen-bond donors (Lipinski definition) is 1. The molecule has 3 rings (SSSR count). The molecule has 1 saturated heterocycles. The van der Waals surface area contributed by atoms with Gasteiger partial charge in [0.15, 0.2) is 11.5 Å². The maximum atomic E-state index is 12.8. The van der Waals surface area contributed by atoms with E-state index in [0.717, 1.165) is 31.6 Å². The van der Waals surface area contributed by atoms with Crippen LogP contribution >= 0.6 is 11.6 Å². The van der Waals surface area contributed by atoms with Crippen molar-refractivity contribution in [3.63, 3.8) is 0 Å². The Labute approximate surface area is 165 Å². The van der Waals surface area contributed by atoms with Crippen LogP contribution in [0.3, 0.4) is 0 Å². The van der Waals surface area contributed by atoms with Crippen molar-refractivity contribution in [2.45, 2.75) is 13.0 Å². The van der Waals surface area contributed by atoms with Crippen LogP contribution in [0.5, 0.6) is 11.5 Å². The zero-order valence-electron chi connectivity index (χ0n) is 15.7. The van der Waals surface area contributed by atoms with E-state index in [0.29, 0.717) is 34.6 Å². The van der Waals surface area contributed by atoms with Gasteiger partial charge in [-0.25, -0.2) is 0 Å². The van der Waals surface area contributed by atoms with Gasteiger partial charge in [0.05, 0.1) is 7.11 Å². The van der Waals surface area contributed by atoms with Crippen molar-refractivity contribution in [2.75, 3.05) is 33.8 Å². The minimum Gasteiger partial charge on any atom is -0.493 e. The predicted molar refractivity (Wildman–Crippen MR) is 107 cm³/mol. The third kappa shape index (κ3) is 4.93. The van der Waals surface area contributed by atoms with E-state index >= 15 is 0 Å². The van der Waals surface area contributed by atoms with Crippen molar-refractivity contribution in [3.05, 3.63) is 58.6 Å². The first kappa shape index (κ1) is 19.5. The van der Waals surface area contributed by atoms with E-state index in [4.69, 9.17) is 21.1 Å². The van der Waals surface area contributed by atoms with Gasteiger partial charge in [0.1, 0.15) is 6.61 Å². The van der Waals surface area contributed by atoms with Crippen molar-refractivity contribution in [3.8, 4) is 11.5 Å². The highest BCUT2D eigenvalue weighted by Crippen LogP contribution is 2.30. The van der Waals surface area contributed by atoms with Crippen molar-refractivity contribution < 1.29 is 14.3 Å². The molecule has 1 N–H and O–H groups in total. The van der Waals surface area contributed by atoms with Crippen LogP contribution in [0.2, 0.25) is 5.02 Å². The van der Waals surface area contributed by atoms with Gasteiger partial charge < -0.3 is 19.7 Å². The Bertz CT molecular complexity index is 779. The van der Waals surface area contributed by atoms with E-state index in [1.165, 1.54) is 0 Å². The average molecular weight is 389 g/mol. The summed E-state index contributed by atoms with van der Waals surface area (Å²) in [4.78, 5) is 14.7. The molecule has 0 bridgehead atoms. The molecule has 1 amide bonds. The van der Waals surface area contributed by atoms with Crippen LogP contribution in [-0.2, 0) is 6.61 Å². The minimum atomic E-state index is 0.0381. The molecule has 2 aromatic carbocycles. The lowest BCUT2D eigenvalue weighted by Crippen LogP contribution is -2.30. The lowest BCUT2D eigenvalue weighted by molar-refractivity contribution is 0.0786. The fourth-order valence-corrected chi connectivity index (χ4v) is 3.44.